The molecule has 0 fully saturated rings. The van der Waals surface area contributed by atoms with Crippen molar-refractivity contribution in [2.75, 3.05) is 12.8 Å². The quantitative estimate of drug-likeness (QED) is 0.536. The number of nitriles is 1. The zero-order valence-electron chi connectivity index (χ0n) is 13.1. The molecule has 4 aromatic rings. The average Bonchev–Trinajstić information content (AvgIpc) is 3.09. The summed E-state index contributed by atoms with van der Waals surface area (Å²) >= 11 is 1.38. The summed E-state index contributed by atoms with van der Waals surface area (Å²) in [5.41, 5.74) is 7.46. The summed E-state index contributed by atoms with van der Waals surface area (Å²) in [6.07, 6.45) is 1.80. The molecule has 3 aromatic heterocycles. The van der Waals surface area contributed by atoms with Crippen LogP contribution in [-0.4, -0.2) is 17.1 Å². The molecule has 0 saturated heterocycles. The standard InChI is InChI=1S/C17H11N5O2S/c1-24-10-4-2-9(3-5-10)12-11(8-18)14(19)20-15-13(12)16(23)21-17-22(15)6-7-25-17/h2-7H,1H3,(H2,19,20,23)/p+1. The predicted molar refractivity (Wildman–Crippen MR) is 94.5 cm³/mol. The molecule has 0 unspecified atom stereocenters. The fourth-order valence-corrected chi connectivity index (χ4v) is 3.56. The first kappa shape index (κ1) is 15.1. The van der Waals surface area contributed by atoms with Gasteiger partial charge in [-0.15, -0.1) is 0 Å². The molecule has 3 heterocycles. The van der Waals surface area contributed by atoms with E-state index in [2.05, 4.69) is 16.0 Å². The smallest absolute Gasteiger partial charge is 0.319 e. The Bertz CT molecular complexity index is 1220. The Kier molecular flexibility index (Phi) is 3.37. The summed E-state index contributed by atoms with van der Waals surface area (Å²) in [7, 11) is 1.57. The maximum Gasteiger partial charge on any atom is 0.319 e. The second-order valence-electron chi connectivity index (χ2n) is 5.32. The molecule has 0 amide bonds. The highest BCUT2D eigenvalue weighted by molar-refractivity contribution is 7.14. The number of H-pyrrole nitrogens is 1. The van der Waals surface area contributed by atoms with Gasteiger partial charge in [-0.25, -0.2) is 4.98 Å². The SMILES string of the molecule is COc1ccc(-c2c(C#N)c(N)nc3c2c(=O)[nH]c2scc[n+]23)cc1. The monoisotopic (exact) mass is 350 g/mol. The molecule has 0 spiro atoms. The largest absolute Gasteiger partial charge is 0.497 e. The highest BCUT2D eigenvalue weighted by atomic mass is 32.1. The van der Waals surface area contributed by atoms with Gasteiger partial charge in [-0.3, -0.25) is 4.79 Å². The second-order valence-corrected chi connectivity index (χ2v) is 6.21. The summed E-state index contributed by atoms with van der Waals surface area (Å²) in [4.78, 5) is 20.5. The van der Waals surface area contributed by atoms with E-state index in [1.807, 2.05) is 5.38 Å². The molecule has 8 heteroatoms. The lowest BCUT2D eigenvalue weighted by Gasteiger charge is -2.08. The van der Waals surface area contributed by atoms with Crippen molar-refractivity contribution < 1.29 is 9.14 Å². The Morgan fingerprint density at radius 3 is 2.80 bits per heavy atom. The first-order valence-corrected chi connectivity index (χ1v) is 8.21. The van der Waals surface area contributed by atoms with E-state index < -0.39 is 0 Å². The van der Waals surface area contributed by atoms with Gasteiger partial charge in [-0.1, -0.05) is 28.5 Å². The minimum atomic E-state index is -0.313. The molecule has 0 aliphatic heterocycles. The number of methoxy groups -OCH3 is 1. The Balaban J connectivity index is 2.20. The molecule has 0 radical (unpaired) electrons. The van der Waals surface area contributed by atoms with E-state index in [0.29, 0.717) is 32.9 Å². The number of hydrogen-bond donors (Lipinski definition) is 2. The van der Waals surface area contributed by atoms with E-state index in [1.54, 1.807) is 42.0 Å². The van der Waals surface area contributed by atoms with E-state index in [-0.39, 0.29) is 16.9 Å². The lowest BCUT2D eigenvalue weighted by Crippen LogP contribution is -2.28. The number of fused-ring (bicyclic) bond motifs is 3. The molecule has 7 nitrogen and oxygen atoms in total. The number of ether oxygens (including phenoxy) is 1. The van der Waals surface area contributed by atoms with Crippen molar-refractivity contribution in [3.63, 3.8) is 0 Å². The molecule has 0 atom stereocenters. The van der Waals surface area contributed by atoms with Crippen molar-refractivity contribution in [1.29, 1.82) is 5.26 Å². The Morgan fingerprint density at radius 2 is 2.12 bits per heavy atom. The number of nitrogens with one attached hydrogen (secondary N) is 1. The topological polar surface area (TPSA) is 109 Å². The average molecular weight is 350 g/mol. The molecule has 122 valence electrons. The van der Waals surface area contributed by atoms with Gasteiger partial charge in [0.25, 0.3) is 10.6 Å². The normalized spacial score (nSPS) is 10.9. The zero-order chi connectivity index (χ0) is 17.6. The number of hydrogen-bond acceptors (Lipinski definition) is 6. The van der Waals surface area contributed by atoms with Crippen LogP contribution in [0.25, 0.3) is 27.1 Å². The molecule has 0 saturated carbocycles. The van der Waals surface area contributed by atoms with Crippen LogP contribution in [0.1, 0.15) is 5.56 Å². The minimum absolute atomic E-state index is 0.0893. The van der Waals surface area contributed by atoms with Crippen LogP contribution in [0.4, 0.5) is 5.82 Å². The van der Waals surface area contributed by atoms with Crippen LogP contribution in [0.15, 0.2) is 40.6 Å². The predicted octanol–water partition coefficient (Wildman–Crippen LogP) is 1.85. The van der Waals surface area contributed by atoms with Gasteiger partial charge in [0.15, 0.2) is 0 Å². The van der Waals surface area contributed by atoms with Crippen LogP contribution in [0.3, 0.4) is 0 Å². The number of nitrogens with two attached hydrogens (primary N) is 1. The summed E-state index contributed by atoms with van der Waals surface area (Å²) in [5.74, 6) is 0.767. The number of nitrogens with zero attached hydrogens (tertiary/aromatic N) is 3. The van der Waals surface area contributed by atoms with Crippen LogP contribution in [-0.2, 0) is 0 Å². The van der Waals surface area contributed by atoms with Gasteiger partial charge in [0.05, 0.1) is 13.3 Å². The van der Waals surface area contributed by atoms with E-state index in [0.717, 1.165) is 0 Å². The minimum Gasteiger partial charge on any atom is -0.497 e. The molecule has 4 rings (SSSR count). The van der Waals surface area contributed by atoms with Crippen molar-refractivity contribution >= 4 is 33.1 Å². The Labute approximate surface area is 145 Å². The molecule has 0 aliphatic carbocycles. The number of aromatic nitrogens is 3. The van der Waals surface area contributed by atoms with E-state index in [4.69, 9.17) is 10.5 Å². The van der Waals surface area contributed by atoms with Crippen LogP contribution in [0, 0.1) is 11.3 Å². The lowest BCUT2D eigenvalue weighted by molar-refractivity contribution is -0.482. The number of aromatic amines is 1. The third-order valence-electron chi connectivity index (χ3n) is 3.98. The van der Waals surface area contributed by atoms with Gasteiger partial charge < -0.3 is 10.5 Å². The Morgan fingerprint density at radius 1 is 1.36 bits per heavy atom. The molecule has 0 bridgehead atoms. The van der Waals surface area contributed by atoms with E-state index >= 15 is 0 Å². The van der Waals surface area contributed by atoms with Crippen molar-refractivity contribution in [3.05, 3.63) is 51.8 Å². The Hall–Kier alpha value is -3.44. The maximum atomic E-state index is 12.7. The first-order valence-electron chi connectivity index (χ1n) is 7.33. The lowest BCUT2D eigenvalue weighted by atomic mass is 9.98. The third kappa shape index (κ3) is 2.21. The molecular formula is C17H12N5O2S+. The summed E-state index contributed by atoms with van der Waals surface area (Å²) < 4.78 is 6.93. The number of anilines is 1. The fourth-order valence-electron chi connectivity index (χ4n) is 2.84. The number of thiazole rings is 1. The first-order chi connectivity index (χ1) is 12.1. The third-order valence-corrected chi connectivity index (χ3v) is 4.76. The van der Waals surface area contributed by atoms with Gasteiger partial charge in [-0.05, 0) is 17.7 Å². The summed E-state index contributed by atoms with van der Waals surface area (Å²) in [6.45, 7) is 0. The zero-order valence-corrected chi connectivity index (χ0v) is 13.9. The fraction of sp³-hybridized carbons (Fsp3) is 0.0588. The highest BCUT2D eigenvalue weighted by Crippen LogP contribution is 2.32. The molecule has 3 N–H and O–H groups in total. The van der Waals surface area contributed by atoms with Crippen molar-refractivity contribution in [2.45, 2.75) is 0 Å². The number of nitrogen functional groups attached to an aromatic ring is 1. The summed E-state index contributed by atoms with van der Waals surface area (Å²) in [6, 6.07) is 9.18. The van der Waals surface area contributed by atoms with Crippen molar-refractivity contribution in [3.8, 4) is 22.9 Å². The van der Waals surface area contributed by atoms with Gasteiger partial charge in [0.1, 0.15) is 22.8 Å². The maximum absolute atomic E-state index is 12.7. The van der Waals surface area contributed by atoms with E-state index in [1.165, 1.54) is 11.3 Å². The number of pyridine rings is 1. The van der Waals surface area contributed by atoms with Gasteiger partial charge in [0, 0.05) is 10.9 Å². The number of rotatable bonds is 2. The van der Waals surface area contributed by atoms with Gasteiger partial charge in [-0.2, -0.15) is 9.66 Å². The van der Waals surface area contributed by atoms with Crippen LogP contribution < -0.4 is 20.4 Å². The van der Waals surface area contributed by atoms with Crippen molar-refractivity contribution in [1.82, 2.24) is 9.97 Å². The molecular weight excluding hydrogens is 338 g/mol. The van der Waals surface area contributed by atoms with E-state index in [9.17, 15) is 10.1 Å². The number of benzene rings is 1. The molecule has 0 aliphatic rings. The molecule has 25 heavy (non-hydrogen) atoms. The van der Waals surface area contributed by atoms with Crippen LogP contribution in [0.2, 0.25) is 0 Å². The van der Waals surface area contributed by atoms with Gasteiger partial charge in [0.2, 0.25) is 5.82 Å². The van der Waals surface area contributed by atoms with Crippen molar-refractivity contribution in [2.24, 2.45) is 0 Å². The van der Waals surface area contributed by atoms with Crippen LogP contribution >= 0.6 is 11.3 Å². The summed E-state index contributed by atoms with van der Waals surface area (Å²) in [5, 5.41) is 11.7. The van der Waals surface area contributed by atoms with Gasteiger partial charge >= 0.3 is 5.56 Å². The second kappa shape index (κ2) is 5.58. The highest BCUT2D eigenvalue weighted by Gasteiger charge is 2.24. The van der Waals surface area contributed by atoms with Crippen LogP contribution in [0.5, 0.6) is 5.75 Å². The molecule has 1 aromatic carbocycles.